The van der Waals surface area contributed by atoms with Crippen molar-refractivity contribution >= 4 is 39.5 Å². The highest BCUT2D eigenvalue weighted by molar-refractivity contribution is 6.06. The molecular formula is C27H30N4O3. The van der Waals surface area contributed by atoms with E-state index in [4.69, 9.17) is 9.72 Å². The van der Waals surface area contributed by atoms with Gasteiger partial charge in [0, 0.05) is 41.1 Å². The van der Waals surface area contributed by atoms with E-state index in [0.717, 1.165) is 34.2 Å². The maximum atomic E-state index is 13.1. The molecule has 3 aliphatic heterocycles. The third kappa shape index (κ3) is 3.75. The van der Waals surface area contributed by atoms with Crippen molar-refractivity contribution in [3.05, 3.63) is 48.0 Å². The molecule has 3 aliphatic rings. The van der Waals surface area contributed by atoms with Gasteiger partial charge in [0.05, 0.1) is 5.52 Å². The number of nitrogens with one attached hydrogen (secondary N) is 1. The molecule has 34 heavy (non-hydrogen) atoms. The van der Waals surface area contributed by atoms with Crippen LogP contribution in [0.5, 0.6) is 0 Å². The maximum absolute atomic E-state index is 13.1. The van der Waals surface area contributed by atoms with E-state index in [1.165, 1.54) is 15.8 Å². The molecule has 0 radical (unpaired) electrons. The standard InChI is InChI=1S/C27H30N4O3/c1-16-18-9-6-7-10-21(18)30(5)24-23(16)19-15-17(12-13-20(19)29-24)28-25(32)22-11-8-14-31(22)26(33)34-27(2,3)4/h6-7,9-10,12-13,15,22H,8,11,14H2,1-5H3,(H,28,32)/t22-/m1/s1. The van der Waals surface area contributed by atoms with Gasteiger partial charge in [-0.25, -0.2) is 9.78 Å². The van der Waals surface area contributed by atoms with E-state index in [-0.39, 0.29) is 5.91 Å². The topological polar surface area (TPSA) is 76.5 Å². The number of nitrogens with zero attached hydrogens (tertiary/aromatic N) is 3. The Morgan fingerprint density at radius 1 is 1.12 bits per heavy atom. The van der Waals surface area contributed by atoms with E-state index in [9.17, 15) is 9.59 Å². The zero-order valence-corrected chi connectivity index (χ0v) is 20.3. The fourth-order valence-corrected chi connectivity index (χ4v) is 4.95. The SMILES string of the molecule is Cc1c2c3cc(NC(=O)[C@H]4CCCN4C(=O)OC(C)(C)C)ccc3nc-2n(C)c2ccccc12. The van der Waals surface area contributed by atoms with Gasteiger partial charge in [0.15, 0.2) is 0 Å². The number of anilines is 1. The Morgan fingerprint density at radius 3 is 2.65 bits per heavy atom. The molecule has 2 aromatic carbocycles. The highest BCUT2D eigenvalue weighted by Gasteiger charge is 2.36. The molecule has 7 heteroatoms. The second-order valence-corrected chi connectivity index (χ2v) is 10.1. The van der Waals surface area contributed by atoms with Gasteiger partial charge in [0.2, 0.25) is 5.91 Å². The summed E-state index contributed by atoms with van der Waals surface area (Å²) in [5.41, 5.74) is 4.36. The van der Waals surface area contributed by atoms with Crippen LogP contribution in [0.2, 0.25) is 0 Å². The van der Waals surface area contributed by atoms with E-state index in [0.29, 0.717) is 18.7 Å². The lowest BCUT2D eigenvalue weighted by Crippen LogP contribution is -2.45. The number of aryl methyl sites for hydroxylation is 2. The van der Waals surface area contributed by atoms with Crippen LogP contribution in [0.4, 0.5) is 10.5 Å². The number of hydrogen-bond acceptors (Lipinski definition) is 4. The minimum Gasteiger partial charge on any atom is -0.444 e. The lowest BCUT2D eigenvalue weighted by Gasteiger charge is -2.28. The van der Waals surface area contributed by atoms with Crippen LogP contribution >= 0.6 is 0 Å². The maximum Gasteiger partial charge on any atom is 0.410 e. The fourth-order valence-electron chi connectivity index (χ4n) is 4.95. The number of carbonyl (C=O) groups excluding carboxylic acids is 2. The Bertz CT molecular complexity index is 1400. The summed E-state index contributed by atoms with van der Waals surface area (Å²) >= 11 is 0. The number of aromatic nitrogens is 2. The lowest BCUT2D eigenvalue weighted by molar-refractivity contribution is -0.120. The van der Waals surface area contributed by atoms with Crippen LogP contribution in [0.3, 0.4) is 0 Å². The summed E-state index contributed by atoms with van der Waals surface area (Å²) in [6, 6.07) is 13.6. The molecule has 5 rings (SSSR count). The quantitative estimate of drug-likeness (QED) is 0.432. The summed E-state index contributed by atoms with van der Waals surface area (Å²) in [4.78, 5) is 32.2. The fraction of sp³-hybridized carbons (Fsp3) is 0.370. The molecule has 3 heterocycles. The number of amides is 2. The first kappa shape index (κ1) is 22.2. The van der Waals surface area contributed by atoms with E-state index in [1.807, 2.05) is 58.2 Å². The smallest absolute Gasteiger partial charge is 0.410 e. The van der Waals surface area contributed by atoms with Crippen molar-refractivity contribution < 1.29 is 14.3 Å². The van der Waals surface area contributed by atoms with Gasteiger partial charge in [-0.15, -0.1) is 0 Å². The van der Waals surface area contributed by atoms with Crippen LogP contribution in [0.1, 0.15) is 39.2 Å². The molecule has 0 spiro atoms. The molecule has 176 valence electrons. The Kier molecular flexibility index (Phi) is 5.23. The van der Waals surface area contributed by atoms with Crippen LogP contribution in [0.25, 0.3) is 33.2 Å². The molecule has 2 amide bonds. The van der Waals surface area contributed by atoms with E-state index >= 15 is 0 Å². The van der Waals surface area contributed by atoms with Gasteiger partial charge in [0.1, 0.15) is 17.5 Å². The molecule has 0 bridgehead atoms. The number of fused-ring (bicyclic) bond motifs is 4. The van der Waals surface area contributed by atoms with Crippen molar-refractivity contribution in [2.24, 2.45) is 7.05 Å². The first-order chi connectivity index (χ1) is 16.1. The summed E-state index contributed by atoms with van der Waals surface area (Å²) in [5, 5.41) is 5.21. The van der Waals surface area contributed by atoms with Crippen molar-refractivity contribution in [3.8, 4) is 11.4 Å². The van der Waals surface area contributed by atoms with Crippen molar-refractivity contribution in [3.63, 3.8) is 0 Å². The summed E-state index contributed by atoms with van der Waals surface area (Å²) in [6.07, 6.45) is 0.952. The largest absolute Gasteiger partial charge is 0.444 e. The predicted octanol–water partition coefficient (Wildman–Crippen LogP) is 5.48. The third-order valence-electron chi connectivity index (χ3n) is 6.53. The monoisotopic (exact) mass is 458 g/mol. The van der Waals surface area contributed by atoms with Crippen LogP contribution < -0.4 is 5.32 Å². The number of ether oxygens (including phenoxy) is 1. The van der Waals surface area contributed by atoms with Gasteiger partial charge in [0.25, 0.3) is 0 Å². The Balaban J connectivity index is 1.47. The third-order valence-corrected chi connectivity index (χ3v) is 6.53. The molecule has 1 N–H and O–H groups in total. The molecule has 0 aromatic heterocycles. The first-order valence-electron chi connectivity index (χ1n) is 11.7. The average Bonchev–Trinajstić information content (AvgIpc) is 3.42. The predicted molar refractivity (Wildman–Crippen MR) is 134 cm³/mol. The molecule has 2 aromatic rings. The molecule has 7 nitrogen and oxygen atoms in total. The van der Waals surface area contributed by atoms with Crippen molar-refractivity contribution in [2.75, 3.05) is 11.9 Å². The summed E-state index contributed by atoms with van der Waals surface area (Å²) in [7, 11) is 2.03. The zero-order chi connectivity index (χ0) is 24.2. The average molecular weight is 459 g/mol. The Hall–Kier alpha value is -3.61. The number of carbonyl (C=O) groups is 2. The van der Waals surface area contributed by atoms with Gasteiger partial charge in [-0.05, 0) is 70.4 Å². The second-order valence-electron chi connectivity index (χ2n) is 10.1. The number of hydrogen-bond donors (Lipinski definition) is 1. The summed E-state index contributed by atoms with van der Waals surface area (Å²) < 4.78 is 7.62. The number of rotatable bonds is 2. The molecule has 0 unspecified atom stereocenters. The highest BCUT2D eigenvalue weighted by Crippen LogP contribution is 2.39. The van der Waals surface area contributed by atoms with Crippen molar-refractivity contribution in [1.29, 1.82) is 0 Å². The van der Waals surface area contributed by atoms with Gasteiger partial charge < -0.3 is 14.6 Å². The number of benzene rings is 2. The molecule has 0 saturated carbocycles. The van der Waals surface area contributed by atoms with E-state index < -0.39 is 17.7 Å². The van der Waals surface area contributed by atoms with Crippen LogP contribution in [-0.2, 0) is 16.6 Å². The summed E-state index contributed by atoms with van der Waals surface area (Å²) in [5.74, 6) is 0.723. The molecule has 1 atom stereocenters. The van der Waals surface area contributed by atoms with Crippen molar-refractivity contribution in [2.45, 2.75) is 52.2 Å². The molecular weight excluding hydrogens is 428 g/mol. The minimum absolute atomic E-state index is 0.195. The van der Waals surface area contributed by atoms with Gasteiger partial charge >= 0.3 is 6.09 Å². The van der Waals surface area contributed by atoms with E-state index in [2.05, 4.69) is 28.9 Å². The number of para-hydroxylation sites is 1. The van der Waals surface area contributed by atoms with Crippen molar-refractivity contribution in [1.82, 2.24) is 14.5 Å². The Morgan fingerprint density at radius 2 is 1.88 bits per heavy atom. The van der Waals surface area contributed by atoms with Gasteiger partial charge in [-0.1, -0.05) is 18.2 Å². The highest BCUT2D eigenvalue weighted by atomic mass is 16.6. The van der Waals surface area contributed by atoms with E-state index in [1.54, 1.807) is 0 Å². The first-order valence-corrected chi connectivity index (χ1v) is 11.7. The lowest BCUT2D eigenvalue weighted by atomic mass is 10.00. The van der Waals surface area contributed by atoms with Gasteiger partial charge in [-0.2, -0.15) is 0 Å². The molecule has 0 aliphatic carbocycles. The Labute approximate surface area is 199 Å². The van der Waals surface area contributed by atoms with Gasteiger partial charge in [-0.3, -0.25) is 9.69 Å². The minimum atomic E-state index is -0.601. The number of likely N-dealkylation sites (tertiary alicyclic amines) is 1. The summed E-state index contributed by atoms with van der Waals surface area (Å²) in [6.45, 7) is 8.12. The molecule has 1 saturated heterocycles. The van der Waals surface area contributed by atoms with Crippen LogP contribution in [0, 0.1) is 6.92 Å². The molecule has 1 fully saturated rings. The van der Waals surface area contributed by atoms with Crippen LogP contribution in [0.15, 0.2) is 42.5 Å². The zero-order valence-electron chi connectivity index (χ0n) is 20.3. The normalized spacial score (nSPS) is 16.5. The van der Waals surface area contributed by atoms with Crippen LogP contribution in [-0.4, -0.2) is 44.6 Å². The number of pyridine rings is 1. The second kappa shape index (κ2) is 8.01.